The van der Waals surface area contributed by atoms with Gasteiger partial charge in [-0.05, 0) is 51.0 Å². The van der Waals surface area contributed by atoms with Gasteiger partial charge in [0.15, 0.2) is 5.58 Å². The number of oxazole rings is 1. The zero-order chi connectivity index (χ0) is 20.8. The standard InChI is InChI=1S/C19H22N4O5S/c1-12-9-13(2)21-18(20-12)27-14-5-4-8-23(11-14)29(25,26)15-6-7-17-16(10-15)22(3)19(24)28-17/h6-7,9-10,14H,4-5,8,11H2,1-3H3. The van der Waals surface area contributed by atoms with Crippen LogP contribution in [0, 0.1) is 13.8 Å². The average molecular weight is 418 g/mol. The van der Waals surface area contributed by atoms with Gasteiger partial charge in [-0.3, -0.25) is 4.57 Å². The van der Waals surface area contributed by atoms with Crippen molar-refractivity contribution >= 4 is 21.1 Å². The van der Waals surface area contributed by atoms with Gasteiger partial charge in [0.2, 0.25) is 10.0 Å². The first-order chi connectivity index (χ1) is 13.7. The van der Waals surface area contributed by atoms with Crippen LogP contribution < -0.4 is 10.5 Å². The summed E-state index contributed by atoms with van der Waals surface area (Å²) in [7, 11) is -2.21. The largest absolute Gasteiger partial charge is 0.459 e. The molecule has 1 fully saturated rings. The Kier molecular flexibility index (Phi) is 4.91. The second-order valence-electron chi connectivity index (χ2n) is 7.23. The highest BCUT2D eigenvalue weighted by Crippen LogP contribution is 2.25. The lowest BCUT2D eigenvalue weighted by Crippen LogP contribution is -2.44. The molecule has 1 saturated heterocycles. The van der Waals surface area contributed by atoms with Gasteiger partial charge in [0.25, 0.3) is 0 Å². The van der Waals surface area contributed by atoms with Crippen molar-refractivity contribution in [1.29, 1.82) is 0 Å². The summed E-state index contributed by atoms with van der Waals surface area (Å²) in [4.78, 5) is 20.3. The Labute approximate surface area is 168 Å². The summed E-state index contributed by atoms with van der Waals surface area (Å²) < 4.78 is 40.0. The Balaban J connectivity index is 1.58. The van der Waals surface area contributed by atoms with E-state index in [2.05, 4.69) is 9.97 Å². The number of aryl methyl sites for hydroxylation is 3. The molecule has 0 N–H and O–H groups in total. The zero-order valence-corrected chi connectivity index (χ0v) is 17.3. The van der Waals surface area contributed by atoms with Crippen LogP contribution in [0.5, 0.6) is 6.01 Å². The van der Waals surface area contributed by atoms with Crippen LogP contribution in [-0.2, 0) is 17.1 Å². The third kappa shape index (κ3) is 3.77. The molecule has 1 aromatic carbocycles. The Morgan fingerprint density at radius 2 is 1.90 bits per heavy atom. The van der Waals surface area contributed by atoms with E-state index in [0.717, 1.165) is 17.8 Å². The molecular formula is C19H22N4O5S. The number of rotatable bonds is 4. The summed E-state index contributed by atoms with van der Waals surface area (Å²) in [6.07, 6.45) is 1.06. The number of fused-ring (bicyclic) bond motifs is 1. The molecule has 3 heterocycles. The van der Waals surface area contributed by atoms with Crippen molar-refractivity contribution in [1.82, 2.24) is 18.8 Å². The number of hydrogen-bond acceptors (Lipinski definition) is 7. The maximum atomic E-state index is 13.2. The van der Waals surface area contributed by atoms with Crippen molar-refractivity contribution in [3.05, 3.63) is 46.2 Å². The second-order valence-corrected chi connectivity index (χ2v) is 9.17. The Hall–Kier alpha value is -2.72. The summed E-state index contributed by atoms with van der Waals surface area (Å²) in [6.45, 7) is 4.33. The maximum absolute atomic E-state index is 13.2. The second kappa shape index (κ2) is 7.27. The third-order valence-electron chi connectivity index (χ3n) is 4.98. The van der Waals surface area contributed by atoms with E-state index in [4.69, 9.17) is 9.15 Å². The van der Waals surface area contributed by atoms with E-state index in [1.807, 2.05) is 19.9 Å². The molecule has 0 spiro atoms. The van der Waals surface area contributed by atoms with E-state index < -0.39 is 15.8 Å². The van der Waals surface area contributed by atoms with Crippen molar-refractivity contribution in [3.63, 3.8) is 0 Å². The zero-order valence-electron chi connectivity index (χ0n) is 16.5. The van der Waals surface area contributed by atoms with Crippen molar-refractivity contribution in [3.8, 4) is 6.01 Å². The SMILES string of the molecule is Cc1cc(C)nc(OC2CCCN(S(=O)(=O)c3ccc4oc(=O)n(C)c4c3)C2)n1. The van der Waals surface area contributed by atoms with E-state index in [-0.39, 0.29) is 23.6 Å². The van der Waals surface area contributed by atoms with Gasteiger partial charge in [-0.15, -0.1) is 0 Å². The monoisotopic (exact) mass is 418 g/mol. The molecule has 0 saturated carbocycles. The molecule has 10 heteroatoms. The van der Waals surface area contributed by atoms with Crippen molar-refractivity contribution in [2.75, 3.05) is 13.1 Å². The number of hydrogen-bond donors (Lipinski definition) is 0. The molecule has 3 aromatic rings. The molecule has 0 bridgehead atoms. The van der Waals surface area contributed by atoms with Crippen LogP contribution >= 0.6 is 0 Å². The van der Waals surface area contributed by atoms with Crippen LogP contribution in [0.1, 0.15) is 24.2 Å². The molecule has 154 valence electrons. The number of ether oxygens (including phenoxy) is 1. The minimum Gasteiger partial charge on any atom is -0.459 e. The van der Waals surface area contributed by atoms with Gasteiger partial charge < -0.3 is 9.15 Å². The van der Waals surface area contributed by atoms with Gasteiger partial charge >= 0.3 is 11.8 Å². The fraction of sp³-hybridized carbons (Fsp3) is 0.421. The lowest BCUT2D eigenvalue weighted by atomic mass is 10.1. The van der Waals surface area contributed by atoms with Crippen LogP contribution in [-0.4, -0.2) is 46.5 Å². The predicted octanol–water partition coefficient (Wildman–Crippen LogP) is 1.77. The first-order valence-electron chi connectivity index (χ1n) is 9.33. The fourth-order valence-electron chi connectivity index (χ4n) is 3.53. The minimum atomic E-state index is -3.75. The highest BCUT2D eigenvalue weighted by atomic mass is 32.2. The fourth-order valence-corrected chi connectivity index (χ4v) is 5.06. The Morgan fingerprint density at radius 3 is 2.62 bits per heavy atom. The van der Waals surface area contributed by atoms with Crippen LogP contribution in [0.15, 0.2) is 38.4 Å². The molecule has 1 unspecified atom stereocenters. The molecule has 2 aromatic heterocycles. The van der Waals surface area contributed by atoms with Gasteiger partial charge in [0.1, 0.15) is 6.10 Å². The van der Waals surface area contributed by atoms with Gasteiger partial charge in [-0.1, -0.05) is 0 Å². The highest BCUT2D eigenvalue weighted by Gasteiger charge is 2.32. The first kappa shape index (κ1) is 19.6. The van der Waals surface area contributed by atoms with Gasteiger partial charge in [0.05, 0.1) is 17.0 Å². The number of nitrogens with zero attached hydrogens (tertiary/aromatic N) is 4. The number of benzene rings is 1. The number of piperidine rings is 1. The minimum absolute atomic E-state index is 0.115. The van der Waals surface area contributed by atoms with E-state index in [9.17, 15) is 13.2 Å². The Bertz CT molecular complexity index is 1210. The van der Waals surface area contributed by atoms with Crippen LogP contribution in [0.4, 0.5) is 0 Å². The normalized spacial score (nSPS) is 18.2. The van der Waals surface area contributed by atoms with Crippen LogP contribution in [0.3, 0.4) is 0 Å². The molecule has 9 nitrogen and oxygen atoms in total. The summed E-state index contributed by atoms with van der Waals surface area (Å²) >= 11 is 0. The van der Waals surface area contributed by atoms with Crippen LogP contribution in [0.25, 0.3) is 11.1 Å². The molecule has 0 amide bonds. The molecule has 1 aliphatic rings. The summed E-state index contributed by atoms with van der Waals surface area (Å²) in [6, 6.07) is 6.54. The lowest BCUT2D eigenvalue weighted by Gasteiger charge is -2.31. The maximum Gasteiger partial charge on any atom is 0.419 e. The van der Waals surface area contributed by atoms with Gasteiger partial charge in [-0.25, -0.2) is 23.2 Å². The van der Waals surface area contributed by atoms with Crippen molar-refractivity contribution in [2.24, 2.45) is 7.05 Å². The molecular weight excluding hydrogens is 396 g/mol. The quantitative estimate of drug-likeness (QED) is 0.635. The lowest BCUT2D eigenvalue weighted by molar-refractivity contribution is 0.119. The van der Waals surface area contributed by atoms with Crippen molar-refractivity contribution < 1.29 is 17.6 Å². The molecule has 1 atom stereocenters. The molecule has 0 radical (unpaired) electrons. The summed E-state index contributed by atoms with van der Waals surface area (Å²) in [5.74, 6) is -0.533. The smallest absolute Gasteiger partial charge is 0.419 e. The number of aromatic nitrogens is 3. The highest BCUT2D eigenvalue weighted by molar-refractivity contribution is 7.89. The number of sulfonamides is 1. The topological polar surface area (TPSA) is 108 Å². The predicted molar refractivity (Wildman–Crippen MR) is 105 cm³/mol. The van der Waals surface area contributed by atoms with E-state index in [1.165, 1.54) is 27.1 Å². The van der Waals surface area contributed by atoms with E-state index in [1.54, 1.807) is 7.05 Å². The van der Waals surface area contributed by atoms with Gasteiger partial charge in [-0.2, -0.15) is 4.31 Å². The molecule has 4 rings (SSSR count). The van der Waals surface area contributed by atoms with Gasteiger partial charge in [0, 0.05) is 25.0 Å². The van der Waals surface area contributed by atoms with E-state index >= 15 is 0 Å². The Morgan fingerprint density at radius 1 is 1.17 bits per heavy atom. The average Bonchev–Trinajstić information content (AvgIpc) is 2.95. The first-order valence-corrected chi connectivity index (χ1v) is 10.8. The van der Waals surface area contributed by atoms with Crippen LogP contribution in [0.2, 0.25) is 0 Å². The summed E-state index contributed by atoms with van der Waals surface area (Å²) in [5.41, 5.74) is 2.38. The molecule has 0 aliphatic carbocycles. The third-order valence-corrected chi connectivity index (χ3v) is 6.84. The molecule has 1 aliphatic heterocycles. The van der Waals surface area contributed by atoms with E-state index in [0.29, 0.717) is 24.1 Å². The summed E-state index contributed by atoms with van der Waals surface area (Å²) in [5, 5.41) is 0. The molecule has 29 heavy (non-hydrogen) atoms. The van der Waals surface area contributed by atoms with Crippen molar-refractivity contribution in [2.45, 2.75) is 37.7 Å².